The van der Waals surface area contributed by atoms with Gasteiger partial charge in [0.2, 0.25) is 0 Å². The minimum Gasteiger partial charge on any atom is -0.464 e. The van der Waals surface area contributed by atoms with E-state index in [9.17, 15) is 4.79 Å². The van der Waals surface area contributed by atoms with E-state index in [1.54, 1.807) is 0 Å². The molecule has 1 unspecified atom stereocenters. The van der Waals surface area contributed by atoms with Gasteiger partial charge >= 0.3 is 5.97 Å². The number of cyclic esters (lactones) is 1. The molecule has 20 heavy (non-hydrogen) atoms. The smallest absolute Gasteiger partial charge is 0.335 e. The first-order valence-corrected chi connectivity index (χ1v) is 8.01. The molecule has 3 nitrogen and oxygen atoms in total. The average Bonchev–Trinajstić information content (AvgIpc) is 3.06. The summed E-state index contributed by atoms with van der Waals surface area (Å²) in [6.45, 7) is 0.511. The van der Waals surface area contributed by atoms with Crippen LogP contribution in [0, 0.1) is 0 Å². The molecule has 4 fully saturated rings. The number of benzene rings is 1. The topological polar surface area (TPSA) is 35.5 Å². The van der Waals surface area contributed by atoms with Gasteiger partial charge in [0, 0.05) is 16.3 Å². The normalized spacial score (nSPS) is 38.6. The summed E-state index contributed by atoms with van der Waals surface area (Å²) in [6, 6.07) is 8.64. The third kappa shape index (κ3) is 1.85. The van der Waals surface area contributed by atoms with Gasteiger partial charge in [0.05, 0.1) is 12.2 Å². The Hall–Kier alpha value is -0.870. The summed E-state index contributed by atoms with van der Waals surface area (Å²) in [4.78, 5) is 11.6. The van der Waals surface area contributed by atoms with Crippen molar-refractivity contribution in [3.05, 3.63) is 34.3 Å². The van der Waals surface area contributed by atoms with Crippen LogP contribution >= 0.6 is 15.9 Å². The molecule has 1 heterocycles. The molecule has 106 valence electrons. The lowest BCUT2D eigenvalue weighted by Crippen LogP contribution is -2.50. The maximum atomic E-state index is 11.6. The molecule has 3 saturated carbocycles. The van der Waals surface area contributed by atoms with Crippen LogP contribution in [0.25, 0.3) is 0 Å². The van der Waals surface area contributed by atoms with Gasteiger partial charge in [-0.2, -0.15) is 0 Å². The number of carbonyl (C=O) groups is 1. The SMILES string of the molecule is O=C1OCCC1OC12CCC(c3ccc(Br)cc3)(C1)C2. The van der Waals surface area contributed by atoms with Crippen molar-refractivity contribution in [3.8, 4) is 0 Å². The van der Waals surface area contributed by atoms with Gasteiger partial charge < -0.3 is 9.47 Å². The van der Waals surface area contributed by atoms with Crippen LogP contribution in [-0.2, 0) is 19.7 Å². The van der Waals surface area contributed by atoms with Crippen LogP contribution in [0.5, 0.6) is 0 Å². The second-order valence-corrected chi connectivity index (χ2v) is 7.30. The summed E-state index contributed by atoms with van der Waals surface area (Å²) in [5.41, 5.74) is 1.62. The van der Waals surface area contributed by atoms with Crippen LogP contribution in [0.2, 0.25) is 0 Å². The number of fused-ring (bicyclic) bond motifs is 1. The van der Waals surface area contributed by atoms with Crippen LogP contribution in [0.15, 0.2) is 28.7 Å². The van der Waals surface area contributed by atoms with E-state index in [2.05, 4.69) is 40.2 Å². The van der Waals surface area contributed by atoms with E-state index in [0.717, 1.165) is 30.2 Å². The Kier molecular flexibility index (Phi) is 2.77. The molecule has 0 amide bonds. The molecule has 1 aromatic carbocycles. The Morgan fingerprint density at radius 1 is 1.20 bits per heavy atom. The molecule has 1 aliphatic heterocycles. The molecule has 2 bridgehead atoms. The summed E-state index contributed by atoms with van der Waals surface area (Å²) in [6.07, 6.45) is 4.71. The summed E-state index contributed by atoms with van der Waals surface area (Å²) in [5.74, 6) is -0.174. The maximum absolute atomic E-state index is 11.6. The zero-order valence-electron chi connectivity index (χ0n) is 11.2. The van der Waals surface area contributed by atoms with Crippen LogP contribution in [0.3, 0.4) is 0 Å². The van der Waals surface area contributed by atoms with Crippen molar-refractivity contribution < 1.29 is 14.3 Å². The second kappa shape index (κ2) is 4.31. The number of ether oxygens (including phenoxy) is 2. The predicted octanol–water partition coefficient (Wildman–Crippen LogP) is 3.35. The number of esters is 1. The van der Waals surface area contributed by atoms with Crippen LogP contribution in [-0.4, -0.2) is 24.3 Å². The van der Waals surface area contributed by atoms with Crippen molar-refractivity contribution in [1.29, 1.82) is 0 Å². The Morgan fingerprint density at radius 3 is 2.60 bits per heavy atom. The molecule has 0 N–H and O–H groups in total. The number of hydrogen-bond acceptors (Lipinski definition) is 3. The van der Waals surface area contributed by atoms with E-state index in [-0.39, 0.29) is 23.1 Å². The van der Waals surface area contributed by atoms with E-state index in [1.165, 1.54) is 5.56 Å². The molecule has 4 aliphatic rings. The number of carbonyl (C=O) groups excluding carboxylic acids is 1. The summed E-state index contributed by atoms with van der Waals surface area (Å²) >= 11 is 3.48. The van der Waals surface area contributed by atoms with E-state index in [4.69, 9.17) is 9.47 Å². The van der Waals surface area contributed by atoms with Crippen LogP contribution in [0.1, 0.15) is 37.7 Å². The van der Waals surface area contributed by atoms with Gasteiger partial charge in [0.25, 0.3) is 0 Å². The monoisotopic (exact) mass is 336 g/mol. The van der Waals surface area contributed by atoms with E-state index in [0.29, 0.717) is 13.0 Å². The minimum atomic E-state index is -0.323. The summed E-state index contributed by atoms with van der Waals surface area (Å²) < 4.78 is 12.2. The molecular formula is C16H17BrO3. The lowest BCUT2D eigenvalue weighted by molar-refractivity contribution is -0.168. The Labute approximate surface area is 126 Å². The summed E-state index contributed by atoms with van der Waals surface area (Å²) in [7, 11) is 0. The van der Waals surface area contributed by atoms with Crippen molar-refractivity contribution in [2.75, 3.05) is 6.61 Å². The highest BCUT2D eigenvalue weighted by molar-refractivity contribution is 9.10. The van der Waals surface area contributed by atoms with Crippen molar-refractivity contribution >= 4 is 21.9 Å². The first-order valence-electron chi connectivity index (χ1n) is 7.22. The predicted molar refractivity (Wildman–Crippen MR) is 77.5 cm³/mol. The lowest BCUT2D eigenvalue weighted by Gasteiger charge is -2.48. The first-order chi connectivity index (χ1) is 9.61. The number of halogens is 1. The second-order valence-electron chi connectivity index (χ2n) is 6.39. The molecule has 5 rings (SSSR count). The largest absolute Gasteiger partial charge is 0.464 e. The lowest BCUT2D eigenvalue weighted by atomic mass is 9.63. The molecule has 1 saturated heterocycles. The van der Waals surface area contributed by atoms with Crippen LogP contribution in [0.4, 0.5) is 0 Å². The van der Waals surface area contributed by atoms with Crippen LogP contribution < -0.4 is 0 Å². The van der Waals surface area contributed by atoms with Crippen molar-refractivity contribution in [1.82, 2.24) is 0 Å². The highest BCUT2D eigenvalue weighted by atomic mass is 79.9. The number of hydrogen-bond donors (Lipinski definition) is 0. The van der Waals surface area contributed by atoms with Gasteiger partial charge in [-0.1, -0.05) is 28.1 Å². The standard InChI is InChI=1S/C16H17BrO3/c17-12-3-1-11(2-4-12)15-6-7-16(9-15,10-15)20-13-5-8-19-14(13)18/h1-4,13H,5-10H2. The quantitative estimate of drug-likeness (QED) is 0.794. The zero-order chi connectivity index (χ0) is 13.8. The highest BCUT2D eigenvalue weighted by Crippen LogP contribution is 2.64. The fraction of sp³-hybridized carbons (Fsp3) is 0.562. The molecule has 1 aromatic rings. The molecule has 0 aromatic heterocycles. The molecule has 0 spiro atoms. The fourth-order valence-corrected chi connectivity index (χ4v) is 4.45. The third-order valence-electron chi connectivity index (χ3n) is 5.12. The third-order valence-corrected chi connectivity index (χ3v) is 5.65. The van der Waals surface area contributed by atoms with Gasteiger partial charge in [-0.25, -0.2) is 4.79 Å². The highest BCUT2D eigenvalue weighted by Gasteiger charge is 2.63. The van der Waals surface area contributed by atoms with Crippen molar-refractivity contribution in [2.45, 2.75) is 49.2 Å². The number of rotatable bonds is 3. The van der Waals surface area contributed by atoms with E-state index >= 15 is 0 Å². The average molecular weight is 337 g/mol. The Morgan fingerprint density at radius 2 is 1.95 bits per heavy atom. The zero-order valence-corrected chi connectivity index (χ0v) is 12.8. The van der Waals surface area contributed by atoms with Gasteiger partial charge in [-0.15, -0.1) is 0 Å². The molecule has 0 radical (unpaired) electrons. The Balaban J connectivity index is 1.49. The van der Waals surface area contributed by atoms with Crippen molar-refractivity contribution in [2.24, 2.45) is 0 Å². The first kappa shape index (κ1) is 12.8. The van der Waals surface area contributed by atoms with Gasteiger partial charge in [0.1, 0.15) is 0 Å². The minimum absolute atomic E-state index is 0.0684. The van der Waals surface area contributed by atoms with E-state index in [1.807, 2.05) is 0 Å². The van der Waals surface area contributed by atoms with Gasteiger partial charge in [0.15, 0.2) is 6.10 Å². The molecule has 1 atom stereocenters. The van der Waals surface area contributed by atoms with Crippen molar-refractivity contribution in [3.63, 3.8) is 0 Å². The van der Waals surface area contributed by atoms with Gasteiger partial charge in [-0.3, -0.25) is 0 Å². The Bertz CT molecular complexity index is 545. The van der Waals surface area contributed by atoms with Gasteiger partial charge in [-0.05, 0) is 43.4 Å². The molecular weight excluding hydrogens is 320 g/mol. The maximum Gasteiger partial charge on any atom is 0.335 e. The molecule has 3 aliphatic carbocycles. The van der Waals surface area contributed by atoms with E-state index < -0.39 is 0 Å². The fourth-order valence-electron chi connectivity index (χ4n) is 4.18. The summed E-state index contributed by atoms with van der Waals surface area (Å²) in [5, 5.41) is 0. The molecule has 4 heteroatoms.